The number of halogens is 1. The van der Waals surface area contributed by atoms with Gasteiger partial charge in [0, 0.05) is 18.6 Å². The monoisotopic (exact) mass is 414 g/mol. The topological polar surface area (TPSA) is 84.0 Å². The molecule has 0 spiro atoms. The number of esters is 1. The van der Waals surface area contributed by atoms with Crippen LogP contribution in [0.1, 0.15) is 40.5 Å². The van der Waals surface area contributed by atoms with Crippen molar-refractivity contribution in [3.63, 3.8) is 0 Å². The standard InChI is InChI=1S/C19H27FN2O5S/c1-13(2)22(14(3)4)18(23)12-27-19(24)16-9-7-11-21(16)28(25,26)17-10-6-5-8-15(17)20/h5-6,8,10,13-14,16H,7,9,11-12H2,1-4H3/t16-/m0/s1. The number of benzene rings is 1. The first-order valence-corrected chi connectivity index (χ1v) is 10.8. The SMILES string of the molecule is CC(C)N(C(=O)COC(=O)[C@@H]1CCCN1S(=O)(=O)c1ccccc1F)C(C)C. The molecule has 0 aromatic heterocycles. The fraction of sp³-hybridized carbons (Fsp3) is 0.579. The van der Waals surface area contributed by atoms with Crippen LogP contribution < -0.4 is 0 Å². The van der Waals surface area contributed by atoms with E-state index in [0.29, 0.717) is 6.42 Å². The Kier molecular flexibility index (Phi) is 7.16. The highest BCUT2D eigenvalue weighted by Gasteiger charge is 2.41. The van der Waals surface area contributed by atoms with Crippen molar-refractivity contribution >= 4 is 21.9 Å². The number of carbonyl (C=O) groups is 2. The van der Waals surface area contributed by atoms with Crippen molar-refractivity contribution in [1.29, 1.82) is 0 Å². The third-order valence-corrected chi connectivity index (χ3v) is 6.58. The van der Waals surface area contributed by atoms with Crippen LogP contribution in [-0.2, 0) is 24.3 Å². The second-order valence-corrected chi connectivity index (χ2v) is 9.16. The van der Waals surface area contributed by atoms with Crippen molar-refractivity contribution in [3.8, 4) is 0 Å². The molecule has 0 N–H and O–H groups in total. The van der Waals surface area contributed by atoms with Gasteiger partial charge in [0.1, 0.15) is 16.8 Å². The van der Waals surface area contributed by atoms with Crippen molar-refractivity contribution in [1.82, 2.24) is 9.21 Å². The lowest BCUT2D eigenvalue weighted by Crippen LogP contribution is -2.46. The Morgan fingerprint density at radius 3 is 2.39 bits per heavy atom. The van der Waals surface area contributed by atoms with Crippen LogP contribution in [0.15, 0.2) is 29.2 Å². The van der Waals surface area contributed by atoms with Crippen LogP contribution in [0.3, 0.4) is 0 Å². The Labute approximate surface area is 165 Å². The van der Waals surface area contributed by atoms with Gasteiger partial charge in [-0.2, -0.15) is 4.31 Å². The van der Waals surface area contributed by atoms with Gasteiger partial charge in [0.25, 0.3) is 5.91 Å². The second-order valence-electron chi connectivity index (χ2n) is 7.30. The van der Waals surface area contributed by atoms with E-state index in [1.54, 1.807) is 4.90 Å². The molecule has 1 amide bonds. The van der Waals surface area contributed by atoms with Crippen LogP contribution in [0.2, 0.25) is 0 Å². The molecular formula is C19H27FN2O5S. The summed E-state index contributed by atoms with van der Waals surface area (Å²) in [5.41, 5.74) is 0. The minimum atomic E-state index is -4.18. The highest BCUT2D eigenvalue weighted by molar-refractivity contribution is 7.89. The molecule has 1 aromatic carbocycles. The summed E-state index contributed by atoms with van der Waals surface area (Å²) in [6, 6.07) is 3.85. The van der Waals surface area contributed by atoms with Crippen LogP contribution in [0.5, 0.6) is 0 Å². The van der Waals surface area contributed by atoms with E-state index in [9.17, 15) is 22.4 Å². The zero-order valence-corrected chi connectivity index (χ0v) is 17.4. The number of hydrogen-bond acceptors (Lipinski definition) is 5. The molecule has 9 heteroatoms. The smallest absolute Gasteiger partial charge is 0.324 e. The van der Waals surface area contributed by atoms with Gasteiger partial charge in [-0.3, -0.25) is 9.59 Å². The molecule has 7 nitrogen and oxygen atoms in total. The average Bonchev–Trinajstić information content (AvgIpc) is 3.10. The van der Waals surface area contributed by atoms with Crippen molar-refractivity contribution in [2.75, 3.05) is 13.2 Å². The van der Waals surface area contributed by atoms with Gasteiger partial charge in [-0.1, -0.05) is 12.1 Å². The minimum Gasteiger partial charge on any atom is -0.454 e. The molecule has 1 aliphatic heterocycles. The number of nitrogens with zero attached hydrogens (tertiary/aromatic N) is 2. The first kappa shape index (κ1) is 22.3. The summed E-state index contributed by atoms with van der Waals surface area (Å²) in [5.74, 6) is -2.01. The third kappa shape index (κ3) is 4.70. The fourth-order valence-electron chi connectivity index (χ4n) is 3.52. The maximum atomic E-state index is 14.0. The quantitative estimate of drug-likeness (QED) is 0.639. The molecule has 1 aliphatic rings. The van der Waals surface area contributed by atoms with Gasteiger partial charge in [0.2, 0.25) is 10.0 Å². The maximum Gasteiger partial charge on any atom is 0.324 e. The van der Waals surface area contributed by atoms with Gasteiger partial charge < -0.3 is 9.64 Å². The fourth-order valence-corrected chi connectivity index (χ4v) is 5.23. The van der Waals surface area contributed by atoms with E-state index >= 15 is 0 Å². The number of carbonyl (C=O) groups excluding carboxylic acids is 2. The van der Waals surface area contributed by atoms with E-state index in [2.05, 4.69) is 0 Å². The van der Waals surface area contributed by atoms with Crippen LogP contribution >= 0.6 is 0 Å². The molecule has 0 saturated carbocycles. The molecule has 1 saturated heterocycles. The van der Waals surface area contributed by atoms with Gasteiger partial charge in [0.05, 0.1) is 0 Å². The Morgan fingerprint density at radius 1 is 1.21 bits per heavy atom. The first-order chi connectivity index (χ1) is 13.1. The van der Waals surface area contributed by atoms with Crippen LogP contribution in [0.25, 0.3) is 0 Å². The van der Waals surface area contributed by atoms with E-state index in [1.807, 2.05) is 27.7 Å². The molecule has 1 aromatic rings. The molecule has 0 bridgehead atoms. The first-order valence-electron chi connectivity index (χ1n) is 9.31. The summed E-state index contributed by atoms with van der Waals surface area (Å²) in [6.45, 7) is 7.07. The van der Waals surface area contributed by atoms with Crippen molar-refractivity contribution in [3.05, 3.63) is 30.1 Å². The molecule has 0 radical (unpaired) electrons. The van der Waals surface area contributed by atoms with E-state index in [4.69, 9.17) is 4.74 Å². The van der Waals surface area contributed by atoms with E-state index in [-0.39, 0.29) is 31.0 Å². The van der Waals surface area contributed by atoms with Gasteiger partial charge >= 0.3 is 5.97 Å². The van der Waals surface area contributed by atoms with Crippen molar-refractivity contribution in [2.45, 2.75) is 63.6 Å². The van der Waals surface area contributed by atoms with Crippen LogP contribution in [0.4, 0.5) is 4.39 Å². The van der Waals surface area contributed by atoms with Crippen molar-refractivity contribution < 1.29 is 27.1 Å². The predicted octanol–water partition coefficient (Wildman–Crippen LogP) is 2.17. The average molecular weight is 414 g/mol. The Hall–Kier alpha value is -2.00. The highest BCUT2D eigenvalue weighted by Crippen LogP contribution is 2.28. The zero-order valence-electron chi connectivity index (χ0n) is 16.6. The molecule has 28 heavy (non-hydrogen) atoms. The van der Waals surface area contributed by atoms with Gasteiger partial charge in [-0.05, 0) is 52.7 Å². The molecule has 156 valence electrons. The third-order valence-electron chi connectivity index (χ3n) is 4.64. The van der Waals surface area contributed by atoms with Crippen LogP contribution in [0, 0.1) is 5.82 Å². The Bertz CT molecular complexity index is 817. The molecule has 1 heterocycles. The molecular weight excluding hydrogens is 387 g/mol. The lowest BCUT2D eigenvalue weighted by atomic mass is 10.2. The lowest BCUT2D eigenvalue weighted by Gasteiger charge is -2.30. The number of hydrogen-bond donors (Lipinski definition) is 0. The van der Waals surface area contributed by atoms with E-state index in [0.717, 1.165) is 16.4 Å². The summed E-state index contributed by atoms with van der Waals surface area (Å²) in [6.07, 6.45) is 0.713. The normalized spacial score (nSPS) is 17.9. The van der Waals surface area contributed by atoms with E-state index < -0.39 is 39.4 Å². The lowest BCUT2D eigenvalue weighted by molar-refractivity contribution is -0.156. The number of rotatable bonds is 7. The summed E-state index contributed by atoms with van der Waals surface area (Å²) in [7, 11) is -4.18. The van der Waals surface area contributed by atoms with Gasteiger partial charge in [-0.25, -0.2) is 12.8 Å². The van der Waals surface area contributed by atoms with Gasteiger partial charge in [0.15, 0.2) is 6.61 Å². The van der Waals surface area contributed by atoms with Gasteiger partial charge in [-0.15, -0.1) is 0 Å². The summed E-state index contributed by atoms with van der Waals surface area (Å²) in [5, 5.41) is 0. The maximum absolute atomic E-state index is 14.0. The number of ether oxygens (including phenoxy) is 1. The zero-order chi connectivity index (χ0) is 21.1. The van der Waals surface area contributed by atoms with E-state index in [1.165, 1.54) is 12.1 Å². The molecule has 0 aliphatic carbocycles. The highest BCUT2D eigenvalue weighted by atomic mass is 32.2. The Morgan fingerprint density at radius 2 is 1.82 bits per heavy atom. The Balaban J connectivity index is 2.11. The van der Waals surface area contributed by atoms with Crippen molar-refractivity contribution in [2.24, 2.45) is 0 Å². The van der Waals surface area contributed by atoms with Crippen LogP contribution in [-0.4, -0.2) is 60.8 Å². The molecule has 1 fully saturated rings. The summed E-state index contributed by atoms with van der Waals surface area (Å²) in [4.78, 5) is 26.0. The number of amides is 1. The number of sulfonamides is 1. The second kappa shape index (κ2) is 9.00. The largest absolute Gasteiger partial charge is 0.454 e. The molecule has 2 rings (SSSR count). The molecule has 1 atom stereocenters. The summed E-state index contributed by atoms with van der Waals surface area (Å²) < 4.78 is 45.7. The minimum absolute atomic E-state index is 0.0596. The summed E-state index contributed by atoms with van der Waals surface area (Å²) >= 11 is 0. The molecule has 0 unspecified atom stereocenters. The predicted molar refractivity (Wildman–Crippen MR) is 101 cm³/mol.